The molecule has 120 valence electrons. The summed E-state index contributed by atoms with van der Waals surface area (Å²) in [5.41, 5.74) is 1.22. The highest BCUT2D eigenvalue weighted by atomic mass is 32.2. The van der Waals surface area contributed by atoms with Gasteiger partial charge in [0.15, 0.2) is 0 Å². The van der Waals surface area contributed by atoms with E-state index in [0.717, 1.165) is 31.7 Å². The Kier molecular flexibility index (Phi) is 5.08. The van der Waals surface area contributed by atoms with Crippen LogP contribution >= 0.6 is 23.1 Å². The number of rotatable bonds is 2. The maximum atomic E-state index is 12.9. The molecule has 2 aliphatic heterocycles. The molecule has 3 rings (SSSR count). The van der Waals surface area contributed by atoms with Crippen LogP contribution in [0.25, 0.3) is 0 Å². The maximum absolute atomic E-state index is 12.9. The minimum absolute atomic E-state index is 0.0385. The molecule has 0 radical (unpaired) electrons. The quantitative estimate of drug-likeness (QED) is 0.832. The first-order valence-corrected chi connectivity index (χ1v) is 9.88. The molecule has 1 atom stereocenters. The van der Waals surface area contributed by atoms with Crippen LogP contribution in [0.4, 0.5) is 0 Å². The predicted octanol–water partition coefficient (Wildman–Crippen LogP) is 2.55. The zero-order valence-corrected chi connectivity index (χ0v) is 14.5. The van der Waals surface area contributed by atoms with Crippen LogP contribution in [-0.4, -0.2) is 53.5 Å². The molecule has 0 aliphatic carbocycles. The number of carbonyl (C=O) groups is 2. The smallest absolute Gasteiger partial charge is 0.240 e. The van der Waals surface area contributed by atoms with Gasteiger partial charge in [-0.3, -0.25) is 9.59 Å². The predicted molar refractivity (Wildman–Crippen MR) is 91.3 cm³/mol. The molecule has 0 unspecified atom stereocenters. The summed E-state index contributed by atoms with van der Waals surface area (Å²) in [6.45, 7) is 4.78. The summed E-state index contributed by atoms with van der Waals surface area (Å²) in [5.74, 6) is 1.45. The van der Waals surface area contributed by atoms with Crippen molar-refractivity contribution >= 4 is 34.9 Å². The van der Waals surface area contributed by atoms with Crippen LogP contribution in [0, 0.1) is 0 Å². The van der Waals surface area contributed by atoms with Crippen molar-refractivity contribution < 1.29 is 9.59 Å². The lowest BCUT2D eigenvalue weighted by Crippen LogP contribution is -2.39. The number of fused-ring (bicyclic) bond motifs is 1. The first kappa shape index (κ1) is 15.9. The Hall–Kier alpha value is -1.01. The SMILES string of the molecule is CCC(=O)N1CCCN(C(=O)[C@H]2SCCc3sccc32)CC1. The van der Waals surface area contributed by atoms with E-state index in [9.17, 15) is 9.59 Å². The lowest BCUT2D eigenvalue weighted by Gasteiger charge is -2.28. The lowest BCUT2D eigenvalue weighted by molar-refractivity contribution is -0.133. The number of amides is 2. The van der Waals surface area contributed by atoms with Gasteiger partial charge in [0.2, 0.25) is 11.8 Å². The van der Waals surface area contributed by atoms with Gasteiger partial charge in [-0.15, -0.1) is 23.1 Å². The zero-order chi connectivity index (χ0) is 15.5. The molecule has 1 aromatic heterocycles. The van der Waals surface area contributed by atoms with Crippen LogP contribution < -0.4 is 0 Å². The van der Waals surface area contributed by atoms with E-state index in [1.165, 1.54) is 10.4 Å². The van der Waals surface area contributed by atoms with Crippen molar-refractivity contribution in [3.8, 4) is 0 Å². The molecule has 2 aliphatic rings. The largest absolute Gasteiger partial charge is 0.341 e. The number of aryl methyl sites for hydroxylation is 1. The summed E-state index contributed by atoms with van der Waals surface area (Å²) in [4.78, 5) is 30.0. The summed E-state index contributed by atoms with van der Waals surface area (Å²) in [6, 6.07) is 2.11. The van der Waals surface area contributed by atoms with Gasteiger partial charge < -0.3 is 9.80 Å². The molecule has 1 aromatic rings. The summed E-state index contributed by atoms with van der Waals surface area (Å²) >= 11 is 3.53. The first-order valence-electron chi connectivity index (χ1n) is 7.95. The van der Waals surface area contributed by atoms with Gasteiger partial charge in [-0.25, -0.2) is 0 Å². The normalized spacial score (nSPS) is 22.1. The topological polar surface area (TPSA) is 40.6 Å². The highest BCUT2D eigenvalue weighted by Gasteiger charge is 2.32. The Bertz CT molecular complexity index is 558. The third kappa shape index (κ3) is 3.18. The molecule has 0 aromatic carbocycles. The van der Waals surface area contributed by atoms with Gasteiger partial charge in [0.1, 0.15) is 5.25 Å². The van der Waals surface area contributed by atoms with Gasteiger partial charge in [-0.1, -0.05) is 6.92 Å². The number of nitrogens with zero attached hydrogens (tertiary/aromatic N) is 2. The van der Waals surface area contributed by atoms with Crippen molar-refractivity contribution in [1.82, 2.24) is 9.80 Å². The third-order valence-electron chi connectivity index (χ3n) is 4.36. The van der Waals surface area contributed by atoms with Crippen LogP contribution in [0.3, 0.4) is 0 Å². The van der Waals surface area contributed by atoms with E-state index in [4.69, 9.17) is 0 Å². The van der Waals surface area contributed by atoms with Crippen LogP contribution in [0.15, 0.2) is 11.4 Å². The highest BCUT2D eigenvalue weighted by molar-refractivity contribution is 8.00. The molecule has 0 N–H and O–H groups in total. The van der Waals surface area contributed by atoms with Crippen molar-refractivity contribution in [2.75, 3.05) is 31.9 Å². The second-order valence-electron chi connectivity index (χ2n) is 5.71. The summed E-state index contributed by atoms with van der Waals surface area (Å²) in [5, 5.41) is 2.06. The Morgan fingerprint density at radius 1 is 1.23 bits per heavy atom. The van der Waals surface area contributed by atoms with Gasteiger partial charge in [0.05, 0.1) is 0 Å². The minimum atomic E-state index is -0.0385. The van der Waals surface area contributed by atoms with Gasteiger partial charge in [-0.2, -0.15) is 0 Å². The fourth-order valence-electron chi connectivity index (χ4n) is 3.13. The van der Waals surface area contributed by atoms with E-state index in [1.807, 2.05) is 16.7 Å². The van der Waals surface area contributed by atoms with Crippen LogP contribution in [0.1, 0.15) is 35.5 Å². The number of hydrogen-bond donors (Lipinski definition) is 0. The van der Waals surface area contributed by atoms with Gasteiger partial charge in [0, 0.05) is 37.5 Å². The van der Waals surface area contributed by atoms with E-state index < -0.39 is 0 Å². The van der Waals surface area contributed by atoms with E-state index in [1.54, 1.807) is 23.1 Å². The summed E-state index contributed by atoms with van der Waals surface area (Å²) < 4.78 is 0. The van der Waals surface area contributed by atoms with E-state index >= 15 is 0 Å². The summed E-state index contributed by atoms with van der Waals surface area (Å²) in [7, 11) is 0. The number of carbonyl (C=O) groups excluding carboxylic acids is 2. The minimum Gasteiger partial charge on any atom is -0.341 e. The molecular weight excluding hydrogens is 316 g/mol. The average Bonchev–Trinajstić information content (AvgIpc) is 2.89. The van der Waals surface area contributed by atoms with Crippen molar-refractivity contribution in [3.05, 3.63) is 21.9 Å². The van der Waals surface area contributed by atoms with Crippen molar-refractivity contribution in [2.24, 2.45) is 0 Å². The van der Waals surface area contributed by atoms with Crippen LogP contribution in [0.5, 0.6) is 0 Å². The Balaban J connectivity index is 1.68. The maximum Gasteiger partial charge on any atom is 0.240 e. The molecule has 22 heavy (non-hydrogen) atoms. The Morgan fingerprint density at radius 3 is 2.82 bits per heavy atom. The van der Waals surface area contributed by atoms with E-state index in [2.05, 4.69) is 11.4 Å². The van der Waals surface area contributed by atoms with Gasteiger partial charge in [-0.05, 0) is 35.6 Å². The fraction of sp³-hybridized carbons (Fsp3) is 0.625. The average molecular weight is 338 g/mol. The molecule has 2 amide bonds. The van der Waals surface area contributed by atoms with Gasteiger partial charge in [0.25, 0.3) is 0 Å². The molecule has 4 nitrogen and oxygen atoms in total. The Labute approximate surface area is 139 Å². The second kappa shape index (κ2) is 7.04. The lowest BCUT2D eigenvalue weighted by atomic mass is 10.1. The van der Waals surface area contributed by atoms with Crippen LogP contribution in [0.2, 0.25) is 0 Å². The van der Waals surface area contributed by atoms with E-state index in [-0.39, 0.29) is 17.1 Å². The molecule has 0 saturated carbocycles. The third-order valence-corrected chi connectivity index (χ3v) is 6.59. The second-order valence-corrected chi connectivity index (χ2v) is 7.93. The molecule has 1 saturated heterocycles. The zero-order valence-electron chi connectivity index (χ0n) is 12.9. The highest BCUT2D eigenvalue weighted by Crippen LogP contribution is 2.40. The molecule has 3 heterocycles. The molecule has 0 spiro atoms. The van der Waals surface area contributed by atoms with Gasteiger partial charge >= 0.3 is 0 Å². The molecule has 6 heteroatoms. The molecule has 0 bridgehead atoms. The monoisotopic (exact) mass is 338 g/mol. The Morgan fingerprint density at radius 2 is 2.00 bits per heavy atom. The van der Waals surface area contributed by atoms with Crippen molar-refractivity contribution in [3.63, 3.8) is 0 Å². The van der Waals surface area contributed by atoms with Crippen molar-refractivity contribution in [2.45, 2.75) is 31.4 Å². The fourth-order valence-corrected chi connectivity index (χ4v) is 5.50. The number of thiophene rings is 1. The molecular formula is C16H22N2O2S2. The van der Waals surface area contributed by atoms with Crippen LogP contribution in [-0.2, 0) is 16.0 Å². The van der Waals surface area contributed by atoms with E-state index in [0.29, 0.717) is 19.5 Å². The standard InChI is InChI=1S/C16H22N2O2S2/c1-2-14(19)17-6-3-7-18(9-8-17)16(20)15-12-4-10-21-13(12)5-11-22-15/h4,10,15H,2-3,5-9,11H2,1H3/t15-/m0/s1. The summed E-state index contributed by atoms with van der Waals surface area (Å²) in [6.07, 6.45) is 2.51. The number of hydrogen-bond acceptors (Lipinski definition) is 4. The van der Waals surface area contributed by atoms with Crippen molar-refractivity contribution in [1.29, 1.82) is 0 Å². The first-order chi connectivity index (χ1) is 10.7. The molecule has 1 fully saturated rings. The number of thioether (sulfide) groups is 1.